The van der Waals surface area contributed by atoms with Gasteiger partial charge in [0.1, 0.15) is 12.9 Å². The molecule has 1 aliphatic carbocycles. The molecule has 3 aromatic rings. The van der Waals surface area contributed by atoms with Crippen molar-refractivity contribution in [2.45, 2.75) is 12.3 Å². The van der Waals surface area contributed by atoms with Gasteiger partial charge in [-0.05, 0) is 46.4 Å². The molecule has 0 heterocycles. The second kappa shape index (κ2) is 9.63. The molecule has 0 fully saturated rings. The van der Waals surface area contributed by atoms with Crippen LogP contribution < -0.4 is 5.32 Å². The molecule has 156 valence electrons. The molecule has 31 heavy (non-hydrogen) atoms. The molecule has 0 saturated heterocycles. The summed E-state index contributed by atoms with van der Waals surface area (Å²) in [6, 6.07) is 21.6. The lowest BCUT2D eigenvalue weighted by Gasteiger charge is -2.14. The summed E-state index contributed by atoms with van der Waals surface area (Å²) < 4.78 is 5.52. The SMILES string of the molecule is O=Cc1ccc(Cl)c(C=CCCNC(=O)OCC2c3ccccc3-c3ccccc32)c1. The van der Waals surface area contributed by atoms with E-state index in [4.69, 9.17) is 16.3 Å². The van der Waals surface area contributed by atoms with Crippen LogP contribution in [0.15, 0.2) is 72.8 Å². The molecule has 0 unspecified atom stereocenters. The lowest BCUT2D eigenvalue weighted by molar-refractivity contribution is 0.112. The summed E-state index contributed by atoms with van der Waals surface area (Å²) in [5.74, 6) is 0.0466. The van der Waals surface area contributed by atoms with Crippen LogP contribution in [0, 0.1) is 0 Å². The maximum Gasteiger partial charge on any atom is 0.407 e. The van der Waals surface area contributed by atoms with Gasteiger partial charge in [0.25, 0.3) is 0 Å². The van der Waals surface area contributed by atoms with Crippen LogP contribution in [-0.2, 0) is 4.74 Å². The Morgan fingerprint density at radius 2 is 1.68 bits per heavy atom. The van der Waals surface area contributed by atoms with Crippen molar-refractivity contribution in [3.05, 3.63) is 100 Å². The molecule has 4 rings (SSSR count). The zero-order chi connectivity index (χ0) is 21.6. The maximum absolute atomic E-state index is 12.2. The monoisotopic (exact) mass is 431 g/mol. The summed E-state index contributed by atoms with van der Waals surface area (Å²) >= 11 is 6.13. The molecule has 4 nitrogen and oxygen atoms in total. The highest BCUT2D eigenvalue weighted by Gasteiger charge is 2.28. The van der Waals surface area contributed by atoms with E-state index in [-0.39, 0.29) is 5.92 Å². The number of hydrogen-bond donors (Lipinski definition) is 1. The minimum atomic E-state index is -0.434. The molecular formula is C26H22ClNO3. The second-order valence-electron chi connectivity index (χ2n) is 7.34. The highest BCUT2D eigenvalue weighted by atomic mass is 35.5. The zero-order valence-corrected chi connectivity index (χ0v) is 17.6. The van der Waals surface area contributed by atoms with Gasteiger partial charge in [0.2, 0.25) is 0 Å². The fourth-order valence-electron chi connectivity index (χ4n) is 3.88. The van der Waals surface area contributed by atoms with E-state index in [1.165, 1.54) is 22.3 Å². The molecule has 5 heteroatoms. The number of carbonyl (C=O) groups is 2. The number of hydrogen-bond acceptors (Lipinski definition) is 3. The van der Waals surface area contributed by atoms with Crippen molar-refractivity contribution in [3.8, 4) is 11.1 Å². The standard InChI is InChI=1S/C26H22ClNO3/c27-25-13-12-18(16-29)15-19(25)7-5-6-14-28-26(30)31-17-24-22-10-3-1-8-20(22)21-9-2-4-11-23(21)24/h1-5,7-13,15-16,24H,6,14,17H2,(H,28,30). The highest BCUT2D eigenvalue weighted by Crippen LogP contribution is 2.44. The number of benzene rings is 3. The van der Waals surface area contributed by atoms with Crippen molar-refractivity contribution in [3.63, 3.8) is 0 Å². The summed E-state index contributed by atoms with van der Waals surface area (Å²) in [6.45, 7) is 0.738. The van der Waals surface area contributed by atoms with E-state index in [9.17, 15) is 9.59 Å². The van der Waals surface area contributed by atoms with Crippen LogP contribution in [0.3, 0.4) is 0 Å². The summed E-state index contributed by atoms with van der Waals surface area (Å²) in [6.07, 6.45) is 4.71. The van der Waals surface area contributed by atoms with Gasteiger partial charge < -0.3 is 10.1 Å². The van der Waals surface area contributed by atoms with E-state index in [0.717, 1.165) is 11.8 Å². The van der Waals surface area contributed by atoms with E-state index in [1.807, 2.05) is 36.4 Å². The van der Waals surface area contributed by atoms with Gasteiger partial charge in [0.05, 0.1) is 0 Å². The van der Waals surface area contributed by atoms with Crippen LogP contribution in [0.2, 0.25) is 5.02 Å². The summed E-state index contributed by atoms with van der Waals surface area (Å²) in [5, 5.41) is 3.35. The van der Waals surface area contributed by atoms with Gasteiger partial charge in [-0.15, -0.1) is 0 Å². The number of aldehydes is 1. The number of amides is 1. The summed E-state index contributed by atoms with van der Waals surface area (Å²) in [5.41, 5.74) is 6.13. The first-order valence-corrected chi connectivity index (χ1v) is 10.6. The van der Waals surface area contributed by atoms with Crippen LogP contribution in [-0.4, -0.2) is 25.5 Å². The average molecular weight is 432 g/mol. The van der Waals surface area contributed by atoms with Gasteiger partial charge in [-0.1, -0.05) is 78.4 Å². The Hall–Kier alpha value is -3.37. The lowest BCUT2D eigenvalue weighted by atomic mass is 9.98. The third kappa shape index (κ3) is 4.70. The Labute approximate surface area is 186 Å². The minimum Gasteiger partial charge on any atom is -0.449 e. The smallest absolute Gasteiger partial charge is 0.407 e. The Kier molecular flexibility index (Phi) is 6.48. The van der Waals surface area contributed by atoms with Crippen molar-refractivity contribution >= 4 is 30.1 Å². The van der Waals surface area contributed by atoms with Crippen LogP contribution in [0.25, 0.3) is 17.2 Å². The van der Waals surface area contributed by atoms with E-state index >= 15 is 0 Å². The molecule has 0 atom stereocenters. The van der Waals surface area contributed by atoms with E-state index in [0.29, 0.717) is 30.2 Å². The highest BCUT2D eigenvalue weighted by molar-refractivity contribution is 6.32. The molecule has 0 aromatic heterocycles. The third-order valence-corrected chi connectivity index (χ3v) is 5.72. The molecule has 0 bridgehead atoms. The Balaban J connectivity index is 1.28. The predicted molar refractivity (Wildman–Crippen MR) is 124 cm³/mol. The van der Waals surface area contributed by atoms with Crippen molar-refractivity contribution in [2.24, 2.45) is 0 Å². The second-order valence-corrected chi connectivity index (χ2v) is 7.75. The molecular weight excluding hydrogens is 410 g/mol. The van der Waals surface area contributed by atoms with Gasteiger partial charge in [0, 0.05) is 23.0 Å². The molecule has 1 aliphatic rings. The third-order valence-electron chi connectivity index (χ3n) is 5.38. The quantitative estimate of drug-likeness (QED) is 0.363. The zero-order valence-electron chi connectivity index (χ0n) is 16.9. The molecule has 1 amide bonds. The normalized spacial score (nSPS) is 12.4. The molecule has 0 aliphatic heterocycles. The Morgan fingerprint density at radius 3 is 2.35 bits per heavy atom. The summed E-state index contributed by atoms with van der Waals surface area (Å²) in [4.78, 5) is 23.1. The van der Waals surface area contributed by atoms with Gasteiger partial charge in [-0.2, -0.15) is 0 Å². The van der Waals surface area contributed by atoms with E-state index in [1.54, 1.807) is 18.2 Å². The van der Waals surface area contributed by atoms with E-state index < -0.39 is 6.09 Å². The van der Waals surface area contributed by atoms with Crippen LogP contribution >= 0.6 is 11.6 Å². The Bertz CT molecular complexity index is 1090. The first kappa shape index (κ1) is 20.9. The fourth-order valence-corrected chi connectivity index (χ4v) is 4.06. The minimum absolute atomic E-state index is 0.0466. The average Bonchev–Trinajstić information content (AvgIpc) is 3.12. The van der Waals surface area contributed by atoms with Crippen molar-refractivity contribution in [1.82, 2.24) is 5.32 Å². The molecule has 0 radical (unpaired) electrons. The molecule has 0 spiro atoms. The van der Waals surface area contributed by atoms with Crippen molar-refractivity contribution in [2.75, 3.05) is 13.2 Å². The number of nitrogens with one attached hydrogen (secondary N) is 1. The lowest BCUT2D eigenvalue weighted by Crippen LogP contribution is -2.26. The van der Waals surface area contributed by atoms with Crippen molar-refractivity contribution < 1.29 is 14.3 Å². The van der Waals surface area contributed by atoms with Gasteiger partial charge in [-0.25, -0.2) is 4.79 Å². The molecule has 0 saturated carbocycles. The molecule has 3 aromatic carbocycles. The number of carbonyl (C=O) groups excluding carboxylic acids is 2. The van der Waals surface area contributed by atoms with Crippen LogP contribution in [0.5, 0.6) is 0 Å². The largest absolute Gasteiger partial charge is 0.449 e. The topological polar surface area (TPSA) is 55.4 Å². The first-order chi connectivity index (χ1) is 15.2. The first-order valence-electron chi connectivity index (χ1n) is 10.2. The maximum atomic E-state index is 12.2. The number of alkyl carbamates (subject to hydrolysis) is 1. The number of rotatable bonds is 7. The van der Waals surface area contributed by atoms with Gasteiger partial charge in [-0.3, -0.25) is 4.79 Å². The van der Waals surface area contributed by atoms with Gasteiger partial charge in [0.15, 0.2) is 0 Å². The number of ether oxygens (including phenoxy) is 1. The van der Waals surface area contributed by atoms with Crippen LogP contribution in [0.4, 0.5) is 4.79 Å². The predicted octanol–water partition coefficient (Wildman–Crippen LogP) is 6.09. The number of halogens is 1. The van der Waals surface area contributed by atoms with E-state index in [2.05, 4.69) is 29.6 Å². The van der Waals surface area contributed by atoms with Gasteiger partial charge >= 0.3 is 6.09 Å². The summed E-state index contributed by atoms with van der Waals surface area (Å²) in [7, 11) is 0. The molecule has 1 N–H and O–H groups in total. The number of fused-ring (bicyclic) bond motifs is 3. The fraction of sp³-hybridized carbons (Fsp3) is 0.154. The van der Waals surface area contributed by atoms with Crippen molar-refractivity contribution in [1.29, 1.82) is 0 Å². The van der Waals surface area contributed by atoms with Crippen LogP contribution in [0.1, 0.15) is 39.4 Å². The Morgan fingerprint density at radius 1 is 1.00 bits per heavy atom.